The summed E-state index contributed by atoms with van der Waals surface area (Å²) in [5.41, 5.74) is -1.20. The highest BCUT2D eigenvalue weighted by atomic mass is 35.5. The molecule has 25 heavy (non-hydrogen) atoms. The maximum Gasteiger partial charge on any atom is 0.269 e. The zero-order chi connectivity index (χ0) is 18.2. The third-order valence-corrected chi connectivity index (χ3v) is 4.54. The van der Waals surface area contributed by atoms with Crippen molar-refractivity contribution in [3.05, 3.63) is 53.1 Å². The Morgan fingerprint density at radius 2 is 1.92 bits per heavy atom. The van der Waals surface area contributed by atoms with Crippen molar-refractivity contribution in [3.63, 3.8) is 0 Å². The van der Waals surface area contributed by atoms with Gasteiger partial charge in [0, 0.05) is 11.1 Å². The van der Waals surface area contributed by atoms with Crippen molar-refractivity contribution in [1.82, 2.24) is 4.98 Å². The number of ether oxygens (including phenoxy) is 1. The minimum atomic E-state index is -1.21. The molecule has 0 unspecified atom stereocenters. The molecule has 3 rings (SSSR count). The molecule has 0 radical (unpaired) electrons. The molecule has 3 aromatic rings. The van der Waals surface area contributed by atoms with E-state index in [2.05, 4.69) is 10.3 Å². The number of benzene rings is 2. The molecule has 1 N–H and O–H groups in total. The highest BCUT2D eigenvalue weighted by Crippen LogP contribution is 2.29. The second kappa shape index (κ2) is 6.57. The van der Waals surface area contributed by atoms with Crippen LogP contribution in [0.25, 0.3) is 10.2 Å². The number of rotatable bonds is 4. The van der Waals surface area contributed by atoms with Gasteiger partial charge >= 0.3 is 0 Å². The van der Waals surface area contributed by atoms with Crippen LogP contribution in [0.2, 0.25) is 5.02 Å². The molecular weight excluding hydrogens is 370 g/mol. The molecule has 0 atom stereocenters. The van der Waals surface area contributed by atoms with Crippen LogP contribution < -0.4 is 10.1 Å². The van der Waals surface area contributed by atoms with Crippen molar-refractivity contribution in [2.45, 2.75) is 19.4 Å². The van der Waals surface area contributed by atoms with Crippen molar-refractivity contribution < 1.29 is 18.3 Å². The predicted molar refractivity (Wildman–Crippen MR) is 94.3 cm³/mol. The van der Waals surface area contributed by atoms with Crippen molar-refractivity contribution in [1.29, 1.82) is 0 Å². The number of thiazole rings is 1. The molecule has 130 valence electrons. The summed E-state index contributed by atoms with van der Waals surface area (Å²) in [4.78, 5) is 16.5. The van der Waals surface area contributed by atoms with Gasteiger partial charge in [-0.15, -0.1) is 0 Å². The van der Waals surface area contributed by atoms with E-state index in [0.717, 1.165) is 17.4 Å². The molecular formula is C17H13ClF2N2O2S. The third kappa shape index (κ3) is 3.88. The van der Waals surface area contributed by atoms with Crippen LogP contribution in [0.3, 0.4) is 0 Å². The molecule has 0 aliphatic rings. The van der Waals surface area contributed by atoms with E-state index >= 15 is 0 Å². The van der Waals surface area contributed by atoms with E-state index in [1.165, 1.54) is 6.07 Å². The van der Waals surface area contributed by atoms with E-state index in [-0.39, 0.29) is 10.6 Å². The maximum atomic E-state index is 13.7. The second-order valence-electron chi connectivity index (χ2n) is 5.77. The lowest BCUT2D eigenvalue weighted by Crippen LogP contribution is -2.42. The lowest BCUT2D eigenvalue weighted by atomic mass is 10.1. The SMILES string of the molecule is CC(C)(Oc1ccc(Cl)cc1)C(=O)Nc1nc2c(F)cc(F)cc2s1. The van der Waals surface area contributed by atoms with Gasteiger partial charge in [-0.25, -0.2) is 13.8 Å². The molecule has 0 fully saturated rings. The van der Waals surface area contributed by atoms with Crippen LogP contribution in [0.5, 0.6) is 5.75 Å². The average Bonchev–Trinajstić information content (AvgIpc) is 2.92. The molecule has 1 amide bonds. The van der Waals surface area contributed by atoms with Crippen molar-refractivity contribution in [3.8, 4) is 5.75 Å². The van der Waals surface area contributed by atoms with Gasteiger partial charge in [-0.3, -0.25) is 10.1 Å². The number of carbonyl (C=O) groups excluding carboxylic acids is 1. The monoisotopic (exact) mass is 382 g/mol. The van der Waals surface area contributed by atoms with Gasteiger partial charge in [0.15, 0.2) is 16.5 Å². The minimum Gasteiger partial charge on any atom is -0.478 e. The fourth-order valence-corrected chi connectivity index (χ4v) is 3.13. The summed E-state index contributed by atoms with van der Waals surface area (Å²) in [6.45, 7) is 3.18. The summed E-state index contributed by atoms with van der Waals surface area (Å²) in [5, 5.41) is 3.30. The van der Waals surface area contributed by atoms with E-state index < -0.39 is 23.1 Å². The first-order chi connectivity index (χ1) is 11.7. The molecule has 4 nitrogen and oxygen atoms in total. The molecule has 0 aliphatic heterocycles. The van der Waals surface area contributed by atoms with Crippen LogP contribution in [0.4, 0.5) is 13.9 Å². The number of amides is 1. The number of aromatic nitrogens is 1. The predicted octanol–water partition coefficient (Wildman–Crippen LogP) is 5.02. The highest BCUT2D eigenvalue weighted by Gasteiger charge is 2.31. The van der Waals surface area contributed by atoms with Gasteiger partial charge < -0.3 is 4.74 Å². The topological polar surface area (TPSA) is 51.2 Å². The molecule has 0 spiro atoms. The van der Waals surface area contributed by atoms with Crippen LogP contribution in [-0.2, 0) is 4.79 Å². The Balaban J connectivity index is 1.78. The van der Waals surface area contributed by atoms with E-state index in [1.807, 2.05) is 0 Å². The van der Waals surface area contributed by atoms with Gasteiger partial charge in [0.25, 0.3) is 5.91 Å². The Bertz CT molecular complexity index is 942. The molecule has 1 heterocycles. The first kappa shape index (κ1) is 17.6. The zero-order valence-electron chi connectivity index (χ0n) is 13.3. The van der Waals surface area contributed by atoms with Crippen LogP contribution in [-0.4, -0.2) is 16.5 Å². The fourth-order valence-electron chi connectivity index (χ4n) is 2.10. The normalized spacial score (nSPS) is 11.6. The van der Waals surface area contributed by atoms with E-state index in [1.54, 1.807) is 38.1 Å². The van der Waals surface area contributed by atoms with Gasteiger partial charge in [0.2, 0.25) is 0 Å². The number of fused-ring (bicyclic) bond motifs is 1. The molecule has 2 aromatic carbocycles. The Morgan fingerprint density at radius 3 is 2.60 bits per heavy atom. The van der Waals surface area contributed by atoms with E-state index in [0.29, 0.717) is 15.5 Å². The summed E-state index contributed by atoms with van der Waals surface area (Å²) >= 11 is 6.80. The summed E-state index contributed by atoms with van der Waals surface area (Å²) in [5.74, 6) is -1.47. The van der Waals surface area contributed by atoms with Crippen LogP contribution >= 0.6 is 22.9 Å². The summed E-state index contributed by atoms with van der Waals surface area (Å²) in [7, 11) is 0. The van der Waals surface area contributed by atoms with Crippen LogP contribution in [0.1, 0.15) is 13.8 Å². The van der Waals surface area contributed by atoms with Crippen LogP contribution in [0.15, 0.2) is 36.4 Å². The molecule has 1 aromatic heterocycles. The number of nitrogens with one attached hydrogen (secondary N) is 1. The molecule has 0 aliphatic carbocycles. The standard InChI is InChI=1S/C17H13ClF2N2O2S/c1-17(2,24-11-5-3-9(18)4-6-11)15(23)22-16-21-14-12(20)7-10(19)8-13(14)25-16/h3-8H,1-2H3,(H,21,22,23). The van der Waals surface area contributed by atoms with Crippen molar-refractivity contribution in [2.24, 2.45) is 0 Å². The number of anilines is 1. The molecule has 0 saturated heterocycles. The van der Waals surface area contributed by atoms with Gasteiger partial charge in [-0.05, 0) is 44.2 Å². The first-order valence-corrected chi connectivity index (χ1v) is 8.46. The van der Waals surface area contributed by atoms with Gasteiger partial charge in [0.05, 0.1) is 4.70 Å². The maximum absolute atomic E-state index is 13.7. The minimum absolute atomic E-state index is 0.0122. The van der Waals surface area contributed by atoms with Gasteiger partial charge in [-0.2, -0.15) is 0 Å². The number of hydrogen-bond donors (Lipinski definition) is 1. The first-order valence-electron chi connectivity index (χ1n) is 7.26. The van der Waals surface area contributed by atoms with Gasteiger partial charge in [-0.1, -0.05) is 22.9 Å². The number of nitrogens with zero attached hydrogens (tertiary/aromatic N) is 1. The summed E-state index contributed by atoms with van der Waals surface area (Å²) in [6, 6.07) is 8.51. The van der Waals surface area contributed by atoms with Crippen LogP contribution in [0, 0.1) is 11.6 Å². The van der Waals surface area contributed by atoms with Crippen molar-refractivity contribution in [2.75, 3.05) is 5.32 Å². The Labute approximate surface area is 151 Å². The highest BCUT2D eigenvalue weighted by molar-refractivity contribution is 7.22. The largest absolute Gasteiger partial charge is 0.478 e. The molecule has 0 bridgehead atoms. The van der Waals surface area contributed by atoms with Crippen molar-refractivity contribution >= 4 is 44.2 Å². The number of halogens is 3. The number of hydrogen-bond acceptors (Lipinski definition) is 4. The Morgan fingerprint density at radius 1 is 1.24 bits per heavy atom. The number of carbonyl (C=O) groups is 1. The average molecular weight is 383 g/mol. The Kier molecular flexibility index (Phi) is 4.62. The lowest BCUT2D eigenvalue weighted by molar-refractivity contribution is -0.128. The molecule has 0 saturated carbocycles. The third-order valence-electron chi connectivity index (χ3n) is 3.37. The second-order valence-corrected chi connectivity index (χ2v) is 7.24. The Hall–Kier alpha value is -2.25. The van der Waals surface area contributed by atoms with E-state index in [9.17, 15) is 13.6 Å². The van der Waals surface area contributed by atoms with E-state index in [4.69, 9.17) is 16.3 Å². The van der Waals surface area contributed by atoms with Gasteiger partial charge in [0.1, 0.15) is 17.1 Å². The summed E-state index contributed by atoms with van der Waals surface area (Å²) < 4.78 is 32.9. The smallest absolute Gasteiger partial charge is 0.269 e. The molecule has 8 heteroatoms. The quantitative estimate of drug-likeness (QED) is 0.689. The summed E-state index contributed by atoms with van der Waals surface area (Å²) in [6.07, 6.45) is 0. The fraction of sp³-hybridized carbons (Fsp3) is 0.176. The lowest BCUT2D eigenvalue weighted by Gasteiger charge is -2.24. The zero-order valence-corrected chi connectivity index (χ0v) is 14.8.